The zero-order valence-electron chi connectivity index (χ0n) is 11.7. The van der Waals surface area contributed by atoms with Gasteiger partial charge in [0.05, 0.1) is 12.6 Å². The van der Waals surface area contributed by atoms with E-state index in [1.165, 1.54) is 6.07 Å². The molecule has 0 aliphatic carbocycles. The van der Waals surface area contributed by atoms with Crippen molar-refractivity contribution >= 4 is 0 Å². The second-order valence-electron chi connectivity index (χ2n) is 4.97. The van der Waals surface area contributed by atoms with Crippen LogP contribution in [0, 0.1) is 0 Å². The maximum Gasteiger partial charge on any atom is 0.200 e. The summed E-state index contributed by atoms with van der Waals surface area (Å²) in [6, 6.07) is 11.6. The van der Waals surface area contributed by atoms with Crippen LogP contribution in [-0.2, 0) is 0 Å². The average Bonchev–Trinajstić information content (AvgIpc) is 2.51. The number of phenolic OH excluding ortho intramolecular Hbond substituents is 3. The molecular formula is C16H19NO4. The van der Waals surface area contributed by atoms with Crippen LogP contribution in [0.4, 0.5) is 0 Å². The largest absolute Gasteiger partial charge is 0.504 e. The predicted molar refractivity (Wildman–Crippen MR) is 79.4 cm³/mol. The molecule has 5 heteroatoms. The fraction of sp³-hybridized carbons (Fsp3) is 0.250. The normalized spacial score (nSPS) is 13.8. The lowest BCUT2D eigenvalue weighted by Crippen LogP contribution is -2.33. The van der Waals surface area contributed by atoms with E-state index in [1.807, 2.05) is 37.3 Å². The van der Waals surface area contributed by atoms with E-state index in [0.717, 1.165) is 5.56 Å². The molecule has 0 heterocycles. The number of rotatable bonds is 5. The number of hydrogen-bond donors (Lipinski definition) is 5. The van der Waals surface area contributed by atoms with Crippen LogP contribution < -0.4 is 5.32 Å². The lowest BCUT2D eigenvalue weighted by atomic mass is 9.96. The van der Waals surface area contributed by atoms with Crippen LogP contribution in [0.2, 0.25) is 0 Å². The van der Waals surface area contributed by atoms with Crippen molar-refractivity contribution in [1.29, 1.82) is 0 Å². The second-order valence-corrected chi connectivity index (χ2v) is 4.97. The third-order valence-electron chi connectivity index (χ3n) is 3.33. The number of aliphatic hydroxyl groups is 1. The molecule has 0 aliphatic heterocycles. The summed E-state index contributed by atoms with van der Waals surface area (Å²) in [4.78, 5) is 0. The van der Waals surface area contributed by atoms with Crippen molar-refractivity contribution in [2.24, 2.45) is 0 Å². The van der Waals surface area contributed by atoms with E-state index in [9.17, 15) is 20.4 Å². The Labute approximate surface area is 123 Å². The second kappa shape index (κ2) is 6.47. The molecule has 2 unspecified atom stereocenters. The van der Waals surface area contributed by atoms with Crippen LogP contribution in [0.5, 0.6) is 17.2 Å². The molecule has 0 amide bonds. The van der Waals surface area contributed by atoms with Gasteiger partial charge in [-0.15, -0.1) is 0 Å². The Kier molecular flexibility index (Phi) is 4.67. The minimum Gasteiger partial charge on any atom is -0.504 e. The van der Waals surface area contributed by atoms with Gasteiger partial charge in [0.15, 0.2) is 11.5 Å². The summed E-state index contributed by atoms with van der Waals surface area (Å²) < 4.78 is 0. The molecule has 0 aliphatic rings. The van der Waals surface area contributed by atoms with E-state index in [2.05, 4.69) is 5.32 Å². The van der Waals surface area contributed by atoms with Gasteiger partial charge in [-0.25, -0.2) is 0 Å². The topological polar surface area (TPSA) is 93.0 Å². The molecule has 2 aromatic rings. The first-order valence-electron chi connectivity index (χ1n) is 6.70. The molecule has 2 rings (SSSR count). The maximum atomic E-state index is 10.1. The molecular weight excluding hydrogens is 270 g/mol. The fourth-order valence-electron chi connectivity index (χ4n) is 2.17. The minimum atomic E-state index is -0.549. The highest BCUT2D eigenvalue weighted by atomic mass is 16.3. The molecule has 0 bridgehead atoms. The average molecular weight is 289 g/mol. The van der Waals surface area contributed by atoms with Crippen molar-refractivity contribution in [3.05, 3.63) is 53.6 Å². The van der Waals surface area contributed by atoms with Crippen molar-refractivity contribution in [3.63, 3.8) is 0 Å². The van der Waals surface area contributed by atoms with Crippen LogP contribution in [0.15, 0.2) is 42.5 Å². The molecule has 0 saturated carbocycles. The Morgan fingerprint density at radius 3 is 2.24 bits per heavy atom. The van der Waals surface area contributed by atoms with E-state index < -0.39 is 11.8 Å². The predicted octanol–water partition coefficient (Wildman–Crippen LogP) is 1.86. The lowest BCUT2D eigenvalue weighted by Gasteiger charge is -2.24. The molecule has 0 fully saturated rings. The Morgan fingerprint density at radius 1 is 0.952 bits per heavy atom. The van der Waals surface area contributed by atoms with Crippen molar-refractivity contribution in [2.45, 2.75) is 19.0 Å². The van der Waals surface area contributed by atoms with Crippen LogP contribution in [0.25, 0.3) is 0 Å². The Morgan fingerprint density at radius 2 is 1.62 bits per heavy atom. The lowest BCUT2D eigenvalue weighted by molar-refractivity contribution is 0.244. The molecule has 0 aromatic heterocycles. The van der Waals surface area contributed by atoms with Crippen LogP contribution in [0.3, 0.4) is 0 Å². The molecule has 0 spiro atoms. The van der Waals surface area contributed by atoms with Gasteiger partial charge in [-0.05, 0) is 24.6 Å². The molecule has 21 heavy (non-hydrogen) atoms. The number of benzene rings is 2. The van der Waals surface area contributed by atoms with E-state index in [0.29, 0.717) is 5.56 Å². The van der Waals surface area contributed by atoms with Gasteiger partial charge in [0.2, 0.25) is 5.75 Å². The number of phenols is 3. The fourth-order valence-corrected chi connectivity index (χ4v) is 2.17. The van der Waals surface area contributed by atoms with Crippen molar-refractivity contribution in [3.8, 4) is 17.2 Å². The van der Waals surface area contributed by atoms with Gasteiger partial charge < -0.3 is 25.7 Å². The zero-order valence-corrected chi connectivity index (χ0v) is 11.7. The summed E-state index contributed by atoms with van der Waals surface area (Å²) in [5.74, 6) is -1.30. The van der Waals surface area contributed by atoms with Crippen molar-refractivity contribution < 1.29 is 20.4 Å². The van der Waals surface area contributed by atoms with Gasteiger partial charge >= 0.3 is 0 Å². The highest BCUT2D eigenvalue weighted by Gasteiger charge is 2.22. The quantitative estimate of drug-likeness (QED) is 0.542. The Hall–Kier alpha value is -2.24. The summed E-state index contributed by atoms with van der Waals surface area (Å²) in [6.07, 6.45) is 0. The number of nitrogens with one attached hydrogen (secondary N) is 1. The number of aliphatic hydroxyl groups excluding tert-OH is 1. The van der Waals surface area contributed by atoms with Gasteiger partial charge in [0.25, 0.3) is 0 Å². The standard InChI is InChI=1S/C16H19NO4/c1-10(9-18)17-14(11-5-3-2-4-6-11)12-7-8-13(19)16(21)15(12)20/h2-8,10,14,17-21H,9H2,1H3. The molecule has 0 saturated heterocycles. The van der Waals surface area contributed by atoms with E-state index in [4.69, 9.17) is 0 Å². The first-order valence-corrected chi connectivity index (χ1v) is 6.70. The third-order valence-corrected chi connectivity index (χ3v) is 3.33. The highest BCUT2D eigenvalue weighted by molar-refractivity contribution is 5.55. The zero-order chi connectivity index (χ0) is 15.4. The SMILES string of the molecule is CC(CO)NC(c1ccccc1)c1ccc(O)c(O)c1O. The first kappa shape index (κ1) is 15.2. The molecule has 2 aromatic carbocycles. The smallest absolute Gasteiger partial charge is 0.200 e. The van der Waals surface area contributed by atoms with Crippen molar-refractivity contribution in [2.75, 3.05) is 6.61 Å². The molecule has 2 atom stereocenters. The summed E-state index contributed by atoms with van der Waals surface area (Å²) in [6.45, 7) is 1.75. The first-order chi connectivity index (χ1) is 10.0. The van der Waals surface area contributed by atoms with E-state index in [-0.39, 0.29) is 24.1 Å². The monoisotopic (exact) mass is 289 g/mol. The number of aromatic hydroxyl groups is 3. The van der Waals surface area contributed by atoms with Crippen LogP contribution in [0.1, 0.15) is 24.1 Å². The van der Waals surface area contributed by atoms with E-state index in [1.54, 1.807) is 6.07 Å². The molecule has 5 nitrogen and oxygen atoms in total. The summed E-state index contributed by atoms with van der Waals surface area (Å²) in [7, 11) is 0. The maximum absolute atomic E-state index is 10.1. The Bertz CT molecular complexity index is 601. The van der Waals surface area contributed by atoms with Gasteiger partial charge in [0, 0.05) is 11.6 Å². The third kappa shape index (κ3) is 3.26. The van der Waals surface area contributed by atoms with E-state index >= 15 is 0 Å². The number of hydrogen-bond acceptors (Lipinski definition) is 5. The Balaban J connectivity index is 2.47. The molecule has 0 radical (unpaired) electrons. The van der Waals surface area contributed by atoms with Crippen LogP contribution in [-0.4, -0.2) is 33.1 Å². The minimum absolute atomic E-state index is 0.0613. The molecule has 112 valence electrons. The van der Waals surface area contributed by atoms with Gasteiger partial charge in [-0.2, -0.15) is 0 Å². The summed E-state index contributed by atoms with van der Waals surface area (Å²) in [5.41, 5.74) is 1.30. The summed E-state index contributed by atoms with van der Waals surface area (Å²) in [5, 5.41) is 41.6. The highest BCUT2D eigenvalue weighted by Crippen LogP contribution is 2.41. The van der Waals surface area contributed by atoms with Crippen molar-refractivity contribution in [1.82, 2.24) is 5.32 Å². The van der Waals surface area contributed by atoms with Gasteiger partial charge in [-0.1, -0.05) is 30.3 Å². The molecule has 5 N–H and O–H groups in total. The van der Waals surface area contributed by atoms with Gasteiger partial charge in [-0.3, -0.25) is 0 Å². The summed E-state index contributed by atoms with van der Waals surface area (Å²) >= 11 is 0. The van der Waals surface area contributed by atoms with Gasteiger partial charge in [0.1, 0.15) is 0 Å². The van der Waals surface area contributed by atoms with Crippen LogP contribution >= 0.6 is 0 Å².